The van der Waals surface area contributed by atoms with Crippen molar-refractivity contribution in [3.63, 3.8) is 0 Å². The second-order valence-corrected chi connectivity index (χ2v) is 9.56. The smallest absolute Gasteiger partial charge is 0.320 e. The zero-order valence-corrected chi connectivity index (χ0v) is 20.3. The fourth-order valence-electron chi connectivity index (χ4n) is 3.62. The second kappa shape index (κ2) is 9.09. The van der Waals surface area contributed by atoms with Crippen molar-refractivity contribution in [2.24, 2.45) is 4.99 Å². The normalized spacial score (nSPS) is 12.1. The molecular weight excluding hydrogens is 489 g/mol. The van der Waals surface area contributed by atoms with Crippen LogP contribution in [-0.2, 0) is 0 Å². The van der Waals surface area contributed by atoms with Crippen LogP contribution in [0.15, 0.2) is 70.3 Å². The lowest BCUT2D eigenvalue weighted by molar-refractivity contribution is -0.779. The van der Waals surface area contributed by atoms with Crippen molar-refractivity contribution in [3.05, 3.63) is 76.5 Å². The van der Waals surface area contributed by atoms with E-state index in [2.05, 4.69) is 10.3 Å². The molecule has 0 aliphatic heterocycles. The molecule has 0 fully saturated rings. The van der Waals surface area contributed by atoms with Gasteiger partial charge in [-0.05, 0) is 60.0 Å². The average Bonchev–Trinajstić information content (AvgIpc) is 3.44. The van der Waals surface area contributed by atoms with Gasteiger partial charge in [-0.15, -0.1) is 11.3 Å². The molecule has 0 spiro atoms. The lowest BCUT2D eigenvalue weighted by Gasteiger charge is -2.10. The maximum atomic E-state index is 14.1. The first-order chi connectivity index (χ1) is 16.8. The number of nitrogen functional groups attached to an aromatic ring is 1. The predicted octanol–water partition coefficient (Wildman–Crippen LogP) is 5.30. The number of rotatable bonds is 5. The Balaban J connectivity index is 1.70. The van der Waals surface area contributed by atoms with E-state index in [4.69, 9.17) is 26.8 Å². The molecule has 7 nitrogen and oxygen atoms in total. The summed E-state index contributed by atoms with van der Waals surface area (Å²) in [4.78, 5) is 9.53. The van der Waals surface area contributed by atoms with E-state index in [0.29, 0.717) is 32.1 Å². The first-order valence-corrected chi connectivity index (χ1v) is 11.9. The lowest BCUT2D eigenvalue weighted by Crippen LogP contribution is -2.36. The molecule has 0 radical (unpaired) electrons. The minimum atomic E-state index is -0.573. The van der Waals surface area contributed by atoms with Gasteiger partial charge in [0, 0.05) is 21.9 Å². The van der Waals surface area contributed by atoms with Crippen LogP contribution in [0.1, 0.15) is 24.8 Å². The number of thiophene rings is 1. The Hall–Kier alpha value is -3.82. The van der Waals surface area contributed by atoms with Crippen molar-refractivity contribution in [2.45, 2.75) is 19.9 Å². The third kappa shape index (κ3) is 4.48. The van der Waals surface area contributed by atoms with Gasteiger partial charge in [-0.25, -0.2) is 14.4 Å². The van der Waals surface area contributed by atoms with Gasteiger partial charge in [0.1, 0.15) is 10.6 Å². The lowest BCUT2D eigenvalue weighted by atomic mass is 9.99. The summed E-state index contributed by atoms with van der Waals surface area (Å²) in [6, 6.07) is 15.3. The highest BCUT2D eigenvalue weighted by Gasteiger charge is 2.20. The number of pyridine rings is 1. The Labute approximate surface area is 208 Å². The number of nitrogens with two attached hydrogens (primary N) is 1. The van der Waals surface area contributed by atoms with E-state index >= 15 is 0 Å². The average molecular weight is 508 g/mol. The quantitative estimate of drug-likeness (QED) is 0.197. The molecule has 0 aliphatic rings. The van der Waals surface area contributed by atoms with Gasteiger partial charge in [0.25, 0.3) is 6.20 Å². The molecule has 0 atom stereocenters. The monoisotopic (exact) mass is 507 g/mol. The van der Waals surface area contributed by atoms with Crippen molar-refractivity contribution < 1.29 is 18.7 Å². The summed E-state index contributed by atoms with van der Waals surface area (Å²) in [6.07, 6.45) is 1.54. The van der Waals surface area contributed by atoms with Gasteiger partial charge in [-0.2, -0.15) is 0 Å². The maximum absolute atomic E-state index is 14.1. The number of hydrogen-bond acceptors (Lipinski definition) is 7. The highest BCUT2D eigenvalue weighted by atomic mass is 35.5. The summed E-state index contributed by atoms with van der Waals surface area (Å²) < 4.78 is 20.8. The first-order valence-electron chi connectivity index (χ1n) is 10.7. The Morgan fingerprint density at radius 2 is 1.94 bits per heavy atom. The van der Waals surface area contributed by atoms with Gasteiger partial charge >= 0.3 is 5.88 Å². The predicted molar refractivity (Wildman–Crippen MR) is 133 cm³/mol. The molecule has 0 saturated heterocycles. The number of benzene rings is 2. The molecule has 10 heteroatoms. The van der Waals surface area contributed by atoms with Gasteiger partial charge in [-0.3, -0.25) is 4.52 Å². The van der Waals surface area contributed by atoms with Crippen molar-refractivity contribution in [2.75, 3.05) is 5.73 Å². The standard InChI is InChI=1S/C25H19ClFN5O2S/c1-13(2)32-12-20(34-31-32)30-24(33)23-22(28)21-18(15-4-3-5-17(27)10-15)11-19(29-25(21)35-23)14-6-8-16(26)9-7-14/h3-13H,1-2H3,(H2-,28,30,31,33). The van der Waals surface area contributed by atoms with Gasteiger partial charge in [-0.1, -0.05) is 35.9 Å². The molecule has 0 saturated carbocycles. The molecular formula is C25H19ClFN5O2S. The van der Waals surface area contributed by atoms with Crippen molar-refractivity contribution >= 4 is 50.6 Å². The van der Waals surface area contributed by atoms with Crippen molar-refractivity contribution in [1.82, 2.24) is 10.3 Å². The Morgan fingerprint density at radius 1 is 1.17 bits per heavy atom. The summed E-state index contributed by atoms with van der Waals surface area (Å²) in [5.74, 6) is -0.888. The van der Waals surface area contributed by atoms with E-state index in [9.17, 15) is 9.50 Å². The fraction of sp³-hybridized carbons (Fsp3) is 0.120. The van der Waals surface area contributed by atoms with Crippen LogP contribution in [0.4, 0.5) is 16.0 Å². The number of anilines is 1. The molecule has 5 aromatic rings. The minimum absolute atomic E-state index is 0.0523. The second-order valence-electron chi connectivity index (χ2n) is 8.13. The van der Waals surface area contributed by atoms with Crippen LogP contribution >= 0.6 is 22.9 Å². The molecule has 3 aromatic heterocycles. The number of aromatic nitrogens is 3. The van der Waals surface area contributed by atoms with E-state index in [-0.39, 0.29) is 28.3 Å². The third-order valence-electron chi connectivity index (χ3n) is 5.38. The maximum Gasteiger partial charge on any atom is 0.320 e. The summed E-state index contributed by atoms with van der Waals surface area (Å²) in [5.41, 5.74) is 9.41. The zero-order chi connectivity index (χ0) is 24.7. The van der Waals surface area contributed by atoms with Crippen LogP contribution in [-0.4, -0.2) is 16.2 Å². The van der Waals surface area contributed by atoms with Crippen LogP contribution < -0.4 is 15.5 Å². The van der Waals surface area contributed by atoms with E-state index < -0.39 is 5.90 Å². The molecule has 176 valence electrons. The van der Waals surface area contributed by atoms with Gasteiger partial charge < -0.3 is 10.8 Å². The van der Waals surface area contributed by atoms with Gasteiger partial charge in [0.2, 0.25) is 5.27 Å². The zero-order valence-electron chi connectivity index (χ0n) is 18.7. The Kier molecular flexibility index (Phi) is 5.96. The summed E-state index contributed by atoms with van der Waals surface area (Å²) >= 11 is 7.17. The summed E-state index contributed by atoms with van der Waals surface area (Å²) in [7, 11) is 0. The number of aliphatic imine (C=N–C) groups is 1. The number of halogens is 2. The Morgan fingerprint density at radius 3 is 2.63 bits per heavy atom. The van der Waals surface area contributed by atoms with Crippen LogP contribution in [0.5, 0.6) is 0 Å². The molecule has 0 aliphatic carbocycles. The van der Waals surface area contributed by atoms with E-state index in [1.54, 1.807) is 35.1 Å². The van der Waals surface area contributed by atoms with Crippen molar-refractivity contribution in [1.29, 1.82) is 0 Å². The topological polar surface area (TPSA) is 104 Å². The molecule has 5 rings (SSSR count). The highest BCUT2D eigenvalue weighted by molar-refractivity contribution is 7.21. The van der Waals surface area contributed by atoms with Crippen LogP contribution in [0.25, 0.3) is 32.6 Å². The van der Waals surface area contributed by atoms with Crippen LogP contribution in [0, 0.1) is 5.82 Å². The molecule has 35 heavy (non-hydrogen) atoms. The first kappa shape index (κ1) is 22.9. The van der Waals surface area contributed by atoms with Gasteiger partial charge in [0.05, 0.1) is 16.3 Å². The number of fused-ring (bicyclic) bond motifs is 1. The van der Waals surface area contributed by atoms with E-state index in [1.807, 2.05) is 32.0 Å². The summed E-state index contributed by atoms with van der Waals surface area (Å²) in [5, 5.41) is 18.1. The number of nitrogens with zero attached hydrogens (tertiary/aromatic N) is 4. The largest absolute Gasteiger partial charge is 0.857 e. The van der Waals surface area contributed by atoms with Crippen molar-refractivity contribution in [3.8, 4) is 22.4 Å². The molecule has 0 amide bonds. The fourth-order valence-corrected chi connectivity index (χ4v) is 4.76. The van der Waals surface area contributed by atoms with Crippen LogP contribution in [0.3, 0.4) is 0 Å². The molecule has 2 aromatic carbocycles. The third-order valence-corrected chi connectivity index (χ3v) is 6.72. The molecule has 0 unspecified atom stereocenters. The van der Waals surface area contributed by atoms with E-state index in [0.717, 1.165) is 16.9 Å². The Bertz CT molecular complexity index is 1580. The van der Waals surface area contributed by atoms with E-state index in [1.165, 1.54) is 12.1 Å². The number of hydrogen-bond donors (Lipinski definition) is 1. The summed E-state index contributed by atoms with van der Waals surface area (Å²) in [6.45, 7) is 3.85. The molecule has 2 N–H and O–H groups in total. The highest BCUT2D eigenvalue weighted by Crippen LogP contribution is 2.41. The van der Waals surface area contributed by atoms with Crippen LogP contribution in [0.2, 0.25) is 5.02 Å². The minimum Gasteiger partial charge on any atom is -0.857 e. The SMILES string of the molecule is CC(C)[n+]1cc(/N=C(\[O-])c2sc3nc(-c4ccc(Cl)cc4)cc(-c4cccc(F)c4)c3c2N)on1. The molecule has 0 bridgehead atoms. The molecule has 3 heterocycles. The van der Waals surface area contributed by atoms with Gasteiger partial charge in [0.15, 0.2) is 6.04 Å².